The van der Waals surface area contributed by atoms with Crippen LogP contribution in [0.1, 0.15) is 30.1 Å². The third kappa shape index (κ3) is 3.35. The molecule has 136 valence electrons. The average molecular weight is 353 g/mol. The fourth-order valence-corrected chi connectivity index (χ4v) is 3.66. The van der Waals surface area contributed by atoms with Gasteiger partial charge in [0.05, 0.1) is 6.42 Å². The van der Waals surface area contributed by atoms with E-state index in [1.165, 1.54) is 0 Å². The lowest BCUT2D eigenvalue weighted by Gasteiger charge is -2.16. The van der Waals surface area contributed by atoms with E-state index in [1.807, 2.05) is 30.5 Å². The van der Waals surface area contributed by atoms with Gasteiger partial charge in [0.15, 0.2) is 5.82 Å². The number of aromatic amines is 1. The molecule has 7 heteroatoms. The maximum atomic E-state index is 12.5. The molecule has 1 unspecified atom stereocenters. The number of hydrogen-bond donors (Lipinski definition) is 2. The molecule has 0 saturated heterocycles. The third-order valence-electron chi connectivity index (χ3n) is 4.99. The molecule has 0 saturated carbocycles. The Morgan fingerprint density at radius 3 is 3.12 bits per heavy atom. The quantitative estimate of drug-likeness (QED) is 0.734. The number of carbonyl (C=O) groups excluding carboxylic acids is 1. The summed E-state index contributed by atoms with van der Waals surface area (Å²) in [5, 5.41) is 12.8. The second-order valence-electron chi connectivity index (χ2n) is 6.75. The molecule has 0 spiro atoms. The Bertz CT molecular complexity index is 914. The van der Waals surface area contributed by atoms with Gasteiger partial charge in [0, 0.05) is 43.2 Å². The van der Waals surface area contributed by atoms with Gasteiger partial charge in [0.1, 0.15) is 12.4 Å². The zero-order valence-electron chi connectivity index (χ0n) is 14.9. The number of benzene rings is 1. The normalized spacial score (nSPS) is 17.0. The number of methoxy groups -OCH3 is 1. The SMILES string of the molecule is COCc1nnc2n1CCC(NC(=O)Cc1c[nH]c3ccccc13)CC2. The Labute approximate surface area is 151 Å². The second-order valence-corrected chi connectivity index (χ2v) is 6.75. The number of aryl methyl sites for hydroxylation is 1. The Balaban J connectivity index is 1.38. The predicted octanol–water partition coefficient (Wildman–Crippen LogP) is 1.97. The summed E-state index contributed by atoms with van der Waals surface area (Å²) < 4.78 is 7.30. The molecule has 1 aliphatic heterocycles. The molecule has 0 radical (unpaired) electrons. The molecular formula is C19H23N5O2. The highest BCUT2D eigenvalue weighted by Gasteiger charge is 2.21. The first kappa shape index (κ1) is 16.8. The largest absolute Gasteiger partial charge is 0.377 e. The number of hydrogen-bond acceptors (Lipinski definition) is 4. The molecule has 2 N–H and O–H groups in total. The third-order valence-corrected chi connectivity index (χ3v) is 4.99. The highest BCUT2D eigenvalue weighted by Crippen LogP contribution is 2.19. The number of aromatic nitrogens is 4. The van der Waals surface area contributed by atoms with E-state index in [2.05, 4.69) is 25.1 Å². The summed E-state index contributed by atoms with van der Waals surface area (Å²) in [5.74, 6) is 1.90. The molecule has 1 aliphatic rings. The molecule has 1 amide bonds. The predicted molar refractivity (Wildman–Crippen MR) is 97.6 cm³/mol. The van der Waals surface area contributed by atoms with Crippen LogP contribution in [-0.2, 0) is 35.5 Å². The van der Waals surface area contributed by atoms with Crippen molar-refractivity contribution in [3.63, 3.8) is 0 Å². The first-order valence-corrected chi connectivity index (χ1v) is 8.99. The summed E-state index contributed by atoms with van der Waals surface area (Å²) in [4.78, 5) is 15.8. The topological polar surface area (TPSA) is 84.8 Å². The van der Waals surface area contributed by atoms with Crippen molar-refractivity contribution in [1.82, 2.24) is 25.1 Å². The molecule has 3 heterocycles. The van der Waals surface area contributed by atoms with E-state index in [0.717, 1.165) is 53.9 Å². The zero-order chi connectivity index (χ0) is 17.9. The molecule has 0 aliphatic carbocycles. The lowest BCUT2D eigenvalue weighted by atomic mass is 10.1. The zero-order valence-corrected chi connectivity index (χ0v) is 14.9. The number of H-pyrrole nitrogens is 1. The fourth-order valence-electron chi connectivity index (χ4n) is 3.66. The van der Waals surface area contributed by atoms with Crippen molar-refractivity contribution in [2.45, 2.75) is 44.9 Å². The van der Waals surface area contributed by atoms with E-state index in [4.69, 9.17) is 4.74 Å². The van der Waals surface area contributed by atoms with Crippen molar-refractivity contribution in [2.24, 2.45) is 0 Å². The Morgan fingerprint density at radius 1 is 1.35 bits per heavy atom. The van der Waals surface area contributed by atoms with Gasteiger partial charge < -0.3 is 19.6 Å². The van der Waals surface area contributed by atoms with Crippen molar-refractivity contribution >= 4 is 16.8 Å². The van der Waals surface area contributed by atoms with Crippen molar-refractivity contribution in [1.29, 1.82) is 0 Å². The Kier molecular flexibility index (Phi) is 4.71. The maximum absolute atomic E-state index is 12.5. The maximum Gasteiger partial charge on any atom is 0.224 e. The van der Waals surface area contributed by atoms with Crippen LogP contribution in [0.5, 0.6) is 0 Å². The van der Waals surface area contributed by atoms with Crippen LogP contribution in [-0.4, -0.2) is 38.8 Å². The molecule has 2 aromatic heterocycles. The van der Waals surface area contributed by atoms with E-state index in [0.29, 0.717) is 13.0 Å². The van der Waals surface area contributed by atoms with E-state index >= 15 is 0 Å². The van der Waals surface area contributed by atoms with Crippen molar-refractivity contribution < 1.29 is 9.53 Å². The number of ether oxygens (including phenoxy) is 1. The Hall–Kier alpha value is -2.67. The van der Waals surface area contributed by atoms with Crippen LogP contribution < -0.4 is 5.32 Å². The molecular weight excluding hydrogens is 330 g/mol. The van der Waals surface area contributed by atoms with Crippen LogP contribution >= 0.6 is 0 Å². The lowest BCUT2D eigenvalue weighted by molar-refractivity contribution is -0.121. The molecule has 0 fully saturated rings. The summed E-state index contributed by atoms with van der Waals surface area (Å²) in [7, 11) is 1.66. The minimum atomic E-state index is 0.0644. The van der Waals surface area contributed by atoms with E-state index in [-0.39, 0.29) is 11.9 Å². The van der Waals surface area contributed by atoms with Gasteiger partial charge in [-0.15, -0.1) is 10.2 Å². The van der Waals surface area contributed by atoms with Gasteiger partial charge in [-0.05, 0) is 24.5 Å². The summed E-state index contributed by atoms with van der Waals surface area (Å²) in [6, 6.07) is 8.21. The summed E-state index contributed by atoms with van der Waals surface area (Å²) >= 11 is 0. The van der Waals surface area contributed by atoms with E-state index < -0.39 is 0 Å². The van der Waals surface area contributed by atoms with Crippen LogP contribution in [0.2, 0.25) is 0 Å². The summed E-state index contributed by atoms with van der Waals surface area (Å²) in [6.07, 6.45) is 4.89. The highest BCUT2D eigenvalue weighted by atomic mass is 16.5. The minimum Gasteiger partial charge on any atom is -0.377 e. The number of nitrogens with zero attached hydrogens (tertiary/aromatic N) is 3. The standard InChI is InChI=1S/C19H23N5O2/c1-26-12-18-23-22-17-7-6-14(8-9-24(17)18)21-19(25)10-13-11-20-16-5-3-2-4-15(13)16/h2-5,11,14,20H,6-10,12H2,1H3,(H,21,25). The average Bonchev–Trinajstić information content (AvgIpc) is 3.16. The number of nitrogens with one attached hydrogen (secondary N) is 2. The van der Waals surface area contributed by atoms with Crippen LogP contribution in [0.4, 0.5) is 0 Å². The molecule has 3 aromatic rings. The molecule has 1 atom stereocenters. The van der Waals surface area contributed by atoms with Gasteiger partial charge in [-0.3, -0.25) is 4.79 Å². The molecule has 1 aromatic carbocycles. The Morgan fingerprint density at radius 2 is 2.23 bits per heavy atom. The molecule has 7 nitrogen and oxygen atoms in total. The van der Waals surface area contributed by atoms with Crippen LogP contribution in [0.3, 0.4) is 0 Å². The second kappa shape index (κ2) is 7.29. The number of amides is 1. The van der Waals surface area contributed by atoms with Crippen LogP contribution in [0, 0.1) is 0 Å². The minimum absolute atomic E-state index is 0.0644. The van der Waals surface area contributed by atoms with E-state index in [1.54, 1.807) is 7.11 Å². The smallest absolute Gasteiger partial charge is 0.224 e. The number of rotatable bonds is 5. The van der Waals surface area contributed by atoms with Gasteiger partial charge in [0.2, 0.25) is 5.91 Å². The first-order chi connectivity index (χ1) is 12.7. The number of carbonyl (C=O) groups is 1. The highest BCUT2D eigenvalue weighted by molar-refractivity contribution is 5.88. The number of para-hydroxylation sites is 1. The summed E-state index contributed by atoms with van der Waals surface area (Å²) in [6.45, 7) is 1.27. The van der Waals surface area contributed by atoms with E-state index in [9.17, 15) is 4.79 Å². The van der Waals surface area contributed by atoms with Crippen molar-refractivity contribution in [3.8, 4) is 0 Å². The van der Waals surface area contributed by atoms with Crippen molar-refractivity contribution in [2.75, 3.05) is 7.11 Å². The van der Waals surface area contributed by atoms with Crippen LogP contribution in [0.15, 0.2) is 30.5 Å². The lowest BCUT2D eigenvalue weighted by Crippen LogP contribution is -2.36. The van der Waals surface area contributed by atoms with Gasteiger partial charge in [-0.2, -0.15) is 0 Å². The monoisotopic (exact) mass is 353 g/mol. The van der Waals surface area contributed by atoms with Crippen molar-refractivity contribution in [3.05, 3.63) is 47.7 Å². The fraction of sp³-hybridized carbons (Fsp3) is 0.421. The molecule has 4 rings (SSSR count). The number of fused-ring (bicyclic) bond motifs is 2. The van der Waals surface area contributed by atoms with Gasteiger partial charge in [0.25, 0.3) is 0 Å². The van der Waals surface area contributed by atoms with Gasteiger partial charge in [-0.1, -0.05) is 18.2 Å². The van der Waals surface area contributed by atoms with Gasteiger partial charge in [-0.25, -0.2) is 0 Å². The summed E-state index contributed by atoms with van der Waals surface area (Å²) in [5.41, 5.74) is 2.10. The molecule has 26 heavy (non-hydrogen) atoms. The molecule has 0 bridgehead atoms. The van der Waals surface area contributed by atoms with Crippen LogP contribution in [0.25, 0.3) is 10.9 Å². The van der Waals surface area contributed by atoms with Gasteiger partial charge >= 0.3 is 0 Å². The first-order valence-electron chi connectivity index (χ1n) is 8.99.